The number of amides is 1. The molecule has 10 nitrogen and oxygen atoms in total. The van der Waals surface area contributed by atoms with E-state index in [1.54, 1.807) is 13.0 Å². The summed E-state index contributed by atoms with van der Waals surface area (Å²) in [5.74, 6) is 0.627. The van der Waals surface area contributed by atoms with Crippen molar-refractivity contribution >= 4 is 17.5 Å². The van der Waals surface area contributed by atoms with Crippen LogP contribution in [0.3, 0.4) is 0 Å². The number of ketones is 1. The molecule has 2 aliphatic rings. The first-order chi connectivity index (χ1) is 15.9. The maximum atomic E-state index is 12.7. The van der Waals surface area contributed by atoms with Gasteiger partial charge in [0.2, 0.25) is 5.91 Å². The van der Waals surface area contributed by atoms with Gasteiger partial charge in [-0.15, -0.1) is 0 Å². The van der Waals surface area contributed by atoms with Crippen molar-refractivity contribution in [1.82, 2.24) is 29.5 Å². The van der Waals surface area contributed by atoms with E-state index in [2.05, 4.69) is 25.3 Å². The van der Waals surface area contributed by atoms with Crippen molar-refractivity contribution in [2.75, 3.05) is 31.5 Å². The van der Waals surface area contributed by atoms with Gasteiger partial charge in [-0.2, -0.15) is 5.10 Å². The third-order valence-corrected chi connectivity index (χ3v) is 6.63. The molecule has 178 valence electrons. The molecule has 0 saturated carbocycles. The number of nitrogens with zero attached hydrogens (tertiary/aromatic N) is 6. The van der Waals surface area contributed by atoms with E-state index < -0.39 is 6.10 Å². The van der Waals surface area contributed by atoms with Crippen molar-refractivity contribution in [3.05, 3.63) is 35.5 Å². The number of anilines is 1. The molecule has 0 spiro atoms. The average Bonchev–Trinajstić information content (AvgIpc) is 3.18. The van der Waals surface area contributed by atoms with Crippen LogP contribution in [0, 0.1) is 0 Å². The fourth-order valence-corrected chi connectivity index (χ4v) is 4.65. The maximum Gasteiger partial charge on any atom is 0.219 e. The molecule has 4 rings (SSSR count). The van der Waals surface area contributed by atoms with E-state index in [4.69, 9.17) is 0 Å². The van der Waals surface area contributed by atoms with Gasteiger partial charge in [0.1, 0.15) is 17.8 Å². The quantitative estimate of drug-likeness (QED) is 0.567. The molecule has 0 bridgehead atoms. The zero-order valence-corrected chi connectivity index (χ0v) is 19.4. The summed E-state index contributed by atoms with van der Waals surface area (Å²) in [4.78, 5) is 36.6. The molecule has 2 N–H and O–H groups in total. The van der Waals surface area contributed by atoms with Crippen LogP contribution in [0.5, 0.6) is 0 Å². The average molecular weight is 456 g/mol. The van der Waals surface area contributed by atoms with Gasteiger partial charge in [0, 0.05) is 82.9 Å². The smallest absolute Gasteiger partial charge is 0.219 e. The molecule has 0 unspecified atom stereocenters. The van der Waals surface area contributed by atoms with E-state index in [0.717, 1.165) is 45.4 Å². The minimum absolute atomic E-state index is 0.0981. The molecule has 1 amide bonds. The topological polar surface area (TPSA) is 116 Å². The Hall–Kier alpha value is -2.85. The number of aromatic nitrogens is 4. The van der Waals surface area contributed by atoms with Crippen LogP contribution < -0.4 is 5.32 Å². The van der Waals surface area contributed by atoms with E-state index in [1.807, 2.05) is 22.8 Å². The minimum atomic E-state index is -0.571. The summed E-state index contributed by atoms with van der Waals surface area (Å²) in [5.41, 5.74) is 2.83. The third kappa shape index (κ3) is 5.94. The Labute approximate surface area is 194 Å². The Morgan fingerprint density at radius 3 is 2.79 bits per heavy atom. The highest BCUT2D eigenvalue weighted by atomic mass is 16.3. The lowest BCUT2D eigenvalue weighted by Crippen LogP contribution is -2.41. The number of Topliss-reactive ketones (excluding diaryl/α,β-unsaturated/α-hetero) is 1. The first-order valence-electron chi connectivity index (χ1n) is 11.7. The largest absolute Gasteiger partial charge is 0.392 e. The highest BCUT2D eigenvalue weighted by Gasteiger charge is 2.23. The molecule has 0 radical (unpaired) electrons. The standard InChI is InChI=1S/C23H33N7O3/c1-16(31)30-9-5-18(6-10-30)27-23-11-20(24-15-25-23)22(33)4-3-19(32)14-29-8-7-21-17(13-29)12-26-28(21)2/h11-12,15,18-19,32H,3-10,13-14H2,1-2H3,(H,24,25,27)/t19-/m0/s1. The number of carbonyl (C=O) groups is 2. The first kappa shape index (κ1) is 23.3. The van der Waals surface area contributed by atoms with Gasteiger partial charge in [0.05, 0.1) is 12.3 Å². The molecule has 2 aromatic rings. The maximum absolute atomic E-state index is 12.7. The van der Waals surface area contributed by atoms with Gasteiger partial charge in [-0.3, -0.25) is 19.2 Å². The Morgan fingerprint density at radius 1 is 1.24 bits per heavy atom. The van der Waals surface area contributed by atoms with Gasteiger partial charge in [0.25, 0.3) is 0 Å². The zero-order valence-electron chi connectivity index (χ0n) is 19.4. The van der Waals surface area contributed by atoms with Crippen LogP contribution in [0.4, 0.5) is 5.82 Å². The molecule has 1 fully saturated rings. The fraction of sp³-hybridized carbons (Fsp3) is 0.609. The van der Waals surface area contributed by atoms with E-state index in [-0.39, 0.29) is 24.2 Å². The van der Waals surface area contributed by atoms with Gasteiger partial charge in [-0.25, -0.2) is 9.97 Å². The second-order valence-corrected chi connectivity index (χ2v) is 9.05. The van der Waals surface area contributed by atoms with Crippen molar-refractivity contribution in [3.8, 4) is 0 Å². The lowest BCUT2D eigenvalue weighted by atomic mass is 10.0. The molecule has 1 atom stereocenters. The summed E-state index contributed by atoms with van der Waals surface area (Å²) >= 11 is 0. The molecule has 33 heavy (non-hydrogen) atoms. The van der Waals surface area contributed by atoms with Crippen molar-refractivity contribution in [3.63, 3.8) is 0 Å². The molecular weight excluding hydrogens is 422 g/mol. The number of β-amino-alcohol motifs (C(OH)–C–C–N with tert-alkyl or cyclic N) is 1. The predicted molar refractivity (Wildman–Crippen MR) is 123 cm³/mol. The van der Waals surface area contributed by atoms with Crippen LogP contribution in [0.2, 0.25) is 0 Å². The second-order valence-electron chi connectivity index (χ2n) is 9.05. The number of fused-ring (bicyclic) bond motifs is 1. The Kier molecular flexibility index (Phi) is 7.34. The lowest BCUT2D eigenvalue weighted by molar-refractivity contribution is -0.129. The van der Waals surface area contributed by atoms with Crippen LogP contribution in [-0.4, -0.2) is 84.7 Å². The summed E-state index contributed by atoms with van der Waals surface area (Å²) in [6, 6.07) is 1.89. The van der Waals surface area contributed by atoms with Crippen molar-refractivity contribution in [2.24, 2.45) is 7.05 Å². The number of hydrogen-bond donors (Lipinski definition) is 2. The monoisotopic (exact) mass is 455 g/mol. The number of piperidine rings is 1. The van der Waals surface area contributed by atoms with E-state index in [9.17, 15) is 14.7 Å². The Bertz CT molecular complexity index is 984. The van der Waals surface area contributed by atoms with Gasteiger partial charge in [-0.05, 0) is 19.3 Å². The summed E-state index contributed by atoms with van der Waals surface area (Å²) in [7, 11) is 1.96. The van der Waals surface area contributed by atoms with Crippen molar-refractivity contribution < 1.29 is 14.7 Å². The number of aryl methyl sites for hydroxylation is 1. The van der Waals surface area contributed by atoms with Crippen LogP contribution in [0.25, 0.3) is 0 Å². The Morgan fingerprint density at radius 2 is 2.03 bits per heavy atom. The Balaban J connectivity index is 1.23. The molecule has 0 aliphatic carbocycles. The predicted octanol–water partition coefficient (Wildman–Crippen LogP) is 1.02. The number of hydrogen-bond acceptors (Lipinski definition) is 8. The number of aliphatic hydroxyl groups excluding tert-OH is 1. The SMILES string of the molecule is CC(=O)N1CCC(Nc2cc(C(=O)CC[C@H](O)CN3CCc4c(cnn4C)C3)ncn2)CC1. The number of likely N-dealkylation sites (tertiary alicyclic amines) is 1. The van der Waals surface area contributed by atoms with E-state index in [1.165, 1.54) is 17.6 Å². The van der Waals surface area contributed by atoms with E-state index >= 15 is 0 Å². The van der Waals surface area contributed by atoms with Crippen LogP contribution >= 0.6 is 0 Å². The van der Waals surface area contributed by atoms with Crippen molar-refractivity contribution in [2.45, 2.75) is 57.7 Å². The highest BCUT2D eigenvalue weighted by molar-refractivity contribution is 5.94. The number of carbonyl (C=O) groups excluding carboxylic acids is 2. The van der Waals surface area contributed by atoms with Crippen LogP contribution in [-0.2, 0) is 24.8 Å². The highest BCUT2D eigenvalue weighted by Crippen LogP contribution is 2.19. The molecular formula is C23H33N7O3. The second kappa shape index (κ2) is 10.4. The molecule has 2 aliphatic heterocycles. The number of nitrogens with one attached hydrogen (secondary N) is 1. The van der Waals surface area contributed by atoms with Crippen LogP contribution in [0.1, 0.15) is 54.4 Å². The van der Waals surface area contributed by atoms with Gasteiger partial charge in [-0.1, -0.05) is 0 Å². The normalized spacial score (nSPS) is 18.1. The molecule has 4 heterocycles. The summed E-state index contributed by atoms with van der Waals surface area (Å²) < 4.78 is 1.92. The minimum Gasteiger partial charge on any atom is -0.392 e. The van der Waals surface area contributed by atoms with Crippen molar-refractivity contribution in [1.29, 1.82) is 0 Å². The molecule has 2 aromatic heterocycles. The van der Waals surface area contributed by atoms with Gasteiger partial charge in [0.15, 0.2) is 5.78 Å². The fourth-order valence-electron chi connectivity index (χ4n) is 4.65. The third-order valence-electron chi connectivity index (χ3n) is 6.63. The molecule has 0 aromatic carbocycles. The summed E-state index contributed by atoms with van der Waals surface area (Å²) in [5, 5.41) is 18.2. The molecule has 10 heteroatoms. The van der Waals surface area contributed by atoms with Gasteiger partial charge < -0.3 is 15.3 Å². The van der Waals surface area contributed by atoms with Gasteiger partial charge >= 0.3 is 0 Å². The molecule has 1 saturated heterocycles. The van der Waals surface area contributed by atoms with E-state index in [0.29, 0.717) is 24.5 Å². The summed E-state index contributed by atoms with van der Waals surface area (Å²) in [6.45, 7) is 5.24. The van der Waals surface area contributed by atoms with Crippen LogP contribution in [0.15, 0.2) is 18.6 Å². The first-order valence-corrected chi connectivity index (χ1v) is 11.7. The zero-order chi connectivity index (χ0) is 23.4. The summed E-state index contributed by atoms with van der Waals surface area (Å²) in [6.07, 6.45) is 5.96. The number of aliphatic hydroxyl groups is 1. The lowest BCUT2D eigenvalue weighted by Gasteiger charge is -2.31. The number of rotatable bonds is 8.